The van der Waals surface area contributed by atoms with Gasteiger partial charge in [-0.15, -0.1) is 0 Å². The number of hydrogen-bond acceptors (Lipinski definition) is 3. The van der Waals surface area contributed by atoms with Crippen molar-refractivity contribution >= 4 is 12.6 Å². The van der Waals surface area contributed by atoms with Crippen molar-refractivity contribution < 1.29 is 5.11 Å². The molecule has 0 radical (unpaired) electrons. The molecule has 1 saturated heterocycles. The third-order valence-electron chi connectivity index (χ3n) is 3.20. The zero-order valence-corrected chi connectivity index (χ0v) is 10.2. The molecule has 2 nitrogen and oxygen atoms in total. The van der Waals surface area contributed by atoms with Crippen molar-refractivity contribution in [2.24, 2.45) is 11.8 Å². The van der Waals surface area contributed by atoms with Gasteiger partial charge in [0.2, 0.25) is 0 Å². The molecule has 84 valence electrons. The van der Waals surface area contributed by atoms with Crippen LogP contribution in [0.15, 0.2) is 0 Å². The average Bonchev–Trinajstić information content (AvgIpc) is 2.18. The fourth-order valence-corrected chi connectivity index (χ4v) is 2.23. The van der Waals surface area contributed by atoms with Crippen LogP contribution in [-0.4, -0.2) is 41.5 Å². The summed E-state index contributed by atoms with van der Waals surface area (Å²) in [5.41, 5.74) is 0. The minimum absolute atomic E-state index is 0.126. The highest BCUT2D eigenvalue weighted by Crippen LogP contribution is 2.21. The van der Waals surface area contributed by atoms with Gasteiger partial charge in [0, 0.05) is 6.54 Å². The first-order chi connectivity index (χ1) is 6.63. The van der Waals surface area contributed by atoms with E-state index in [0.29, 0.717) is 11.8 Å². The third kappa shape index (κ3) is 3.79. The van der Waals surface area contributed by atoms with Crippen LogP contribution in [0.2, 0.25) is 0 Å². The zero-order chi connectivity index (χ0) is 10.6. The van der Waals surface area contributed by atoms with Gasteiger partial charge >= 0.3 is 0 Å². The molecule has 0 saturated carbocycles. The van der Waals surface area contributed by atoms with E-state index in [1.54, 1.807) is 0 Å². The summed E-state index contributed by atoms with van der Waals surface area (Å²) in [5.74, 6) is 2.18. The van der Waals surface area contributed by atoms with Crippen LogP contribution in [0.3, 0.4) is 0 Å². The maximum Gasteiger partial charge on any atom is 0.0541 e. The number of likely N-dealkylation sites (tertiary alicyclic amines) is 1. The smallest absolute Gasteiger partial charge is 0.0541 e. The number of piperidine rings is 1. The number of aliphatic hydroxyl groups excluding tert-OH is 1. The van der Waals surface area contributed by atoms with Crippen LogP contribution in [0.25, 0.3) is 0 Å². The quantitative estimate of drug-likeness (QED) is 0.700. The number of rotatable bonds is 4. The highest BCUT2D eigenvalue weighted by atomic mass is 32.1. The Kier molecular flexibility index (Phi) is 5.28. The molecule has 0 bridgehead atoms. The Morgan fingerprint density at radius 3 is 2.36 bits per heavy atom. The normalized spacial score (nSPS) is 24.9. The van der Waals surface area contributed by atoms with E-state index in [2.05, 4.69) is 24.5 Å². The summed E-state index contributed by atoms with van der Waals surface area (Å²) >= 11 is 4.30. The molecule has 0 aromatic heterocycles. The second kappa shape index (κ2) is 5.99. The summed E-state index contributed by atoms with van der Waals surface area (Å²) in [4.78, 5) is 2.50. The highest BCUT2D eigenvalue weighted by Gasteiger charge is 2.22. The standard InChI is InChI=1S/C11H23NOS/c1-9(8-14)7-12-5-3-11(4-6-12)10(2)13/h9-11,13-14H,3-8H2,1-2H3. The molecule has 1 fully saturated rings. The summed E-state index contributed by atoms with van der Waals surface area (Å²) in [5, 5.41) is 9.46. The van der Waals surface area contributed by atoms with Crippen molar-refractivity contribution in [3.8, 4) is 0 Å². The molecule has 1 aliphatic heterocycles. The van der Waals surface area contributed by atoms with Gasteiger partial charge in [0.05, 0.1) is 6.10 Å². The summed E-state index contributed by atoms with van der Waals surface area (Å²) in [6, 6.07) is 0. The fraction of sp³-hybridized carbons (Fsp3) is 1.00. The van der Waals surface area contributed by atoms with Gasteiger partial charge in [-0.1, -0.05) is 6.92 Å². The lowest BCUT2D eigenvalue weighted by atomic mass is 9.92. The summed E-state index contributed by atoms with van der Waals surface area (Å²) < 4.78 is 0. The summed E-state index contributed by atoms with van der Waals surface area (Å²) in [7, 11) is 0. The molecular formula is C11H23NOS. The lowest BCUT2D eigenvalue weighted by molar-refractivity contribution is 0.0684. The SMILES string of the molecule is CC(CS)CN1CCC(C(C)O)CC1. The van der Waals surface area contributed by atoms with Crippen LogP contribution < -0.4 is 0 Å². The number of hydrogen-bond donors (Lipinski definition) is 2. The van der Waals surface area contributed by atoms with Crippen molar-refractivity contribution in [2.75, 3.05) is 25.4 Å². The van der Waals surface area contributed by atoms with Crippen LogP contribution in [-0.2, 0) is 0 Å². The van der Waals surface area contributed by atoms with Crippen molar-refractivity contribution in [1.29, 1.82) is 0 Å². The largest absolute Gasteiger partial charge is 0.393 e. The van der Waals surface area contributed by atoms with E-state index in [1.807, 2.05) is 6.92 Å². The molecule has 1 aliphatic rings. The maximum atomic E-state index is 9.46. The lowest BCUT2D eigenvalue weighted by Gasteiger charge is -2.34. The van der Waals surface area contributed by atoms with E-state index in [0.717, 1.165) is 38.2 Å². The van der Waals surface area contributed by atoms with Gasteiger partial charge in [-0.25, -0.2) is 0 Å². The highest BCUT2D eigenvalue weighted by molar-refractivity contribution is 7.80. The van der Waals surface area contributed by atoms with E-state index >= 15 is 0 Å². The third-order valence-corrected chi connectivity index (χ3v) is 3.82. The summed E-state index contributed by atoms with van der Waals surface area (Å²) in [6.45, 7) is 7.61. The van der Waals surface area contributed by atoms with Crippen LogP contribution in [0.5, 0.6) is 0 Å². The van der Waals surface area contributed by atoms with E-state index in [9.17, 15) is 5.11 Å². The molecule has 0 aromatic carbocycles. The fourth-order valence-electron chi connectivity index (χ4n) is 2.12. The van der Waals surface area contributed by atoms with E-state index in [-0.39, 0.29) is 6.10 Å². The Morgan fingerprint density at radius 2 is 1.93 bits per heavy atom. The molecule has 3 heteroatoms. The first-order valence-electron chi connectivity index (χ1n) is 5.64. The van der Waals surface area contributed by atoms with Crippen molar-refractivity contribution in [1.82, 2.24) is 4.90 Å². The predicted molar refractivity (Wildman–Crippen MR) is 63.9 cm³/mol. The molecule has 0 aliphatic carbocycles. The van der Waals surface area contributed by atoms with Gasteiger partial charge in [-0.05, 0) is 50.4 Å². The molecular weight excluding hydrogens is 194 g/mol. The van der Waals surface area contributed by atoms with Crippen molar-refractivity contribution in [3.63, 3.8) is 0 Å². The van der Waals surface area contributed by atoms with Crippen LogP contribution in [0, 0.1) is 11.8 Å². The molecule has 2 unspecified atom stereocenters. The van der Waals surface area contributed by atoms with Crippen molar-refractivity contribution in [3.05, 3.63) is 0 Å². The number of thiol groups is 1. The van der Waals surface area contributed by atoms with Crippen LogP contribution in [0.4, 0.5) is 0 Å². The Bertz CT molecular complexity index is 155. The molecule has 2 atom stereocenters. The van der Waals surface area contributed by atoms with Gasteiger partial charge < -0.3 is 10.0 Å². The molecule has 0 spiro atoms. The van der Waals surface area contributed by atoms with Gasteiger partial charge in [0.15, 0.2) is 0 Å². The summed E-state index contributed by atoms with van der Waals surface area (Å²) in [6.07, 6.45) is 2.17. The molecule has 1 rings (SSSR count). The molecule has 0 aromatic rings. The minimum Gasteiger partial charge on any atom is -0.393 e. The monoisotopic (exact) mass is 217 g/mol. The van der Waals surface area contributed by atoms with Crippen molar-refractivity contribution in [2.45, 2.75) is 32.8 Å². The predicted octanol–water partition coefficient (Wildman–Crippen LogP) is 1.65. The maximum absolute atomic E-state index is 9.46. The van der Waals surface area contributed by atoms with Crippen LogP contribution >= 0.6 is 12.6 Å². The second-order valence-corrected chi connectivity index (χ2v) is 5.03. The minimum atomic E-state index is -0.126. The van der Waals surface area contributed by atoms with E-state index in [4.69, 9.17) is 0 Å². The van der Waals surface area contributed by atoms with Gasteiger partial charge in [-0.3, -0.25) is 0 Å². The average molecular weight is 217 g/mol. The zero-order valence-electron chi connectivity index (χ0n) is 9.32. The van der Waals surface area contributed by atoms with E-state index < -0.39 is 0 Å². The number of nitrogens with zero attached hydrogens (tertiary/aromatic N) is 1. The first kappa shape index (κ1) is 12.3. The molecule has 1 heterocycles. The first-order valence-corrected chi connectivity index (χ1v) is 6.28. The van der Waals surface area contributed by atoms with Gasteiger partial charge in [0.25, 0.3) is 0 Å². The van der Waals surface area contributed by atoms with E-state index in [1.165, 1.54) is 0 Å². The van der Waals surface area contributed by atoms with Crippen LogP contribution in [0.1, 0.15) is 26.7 Å². The van der Waals surface area contributed by atoms with Gasteiger partial charge in [0.1, 0.15) is 0 Å². The number of aliphatic hydroxyl groups is 1. The molecule has 1 N–H and O–H groups in total. The Labute approximate surface area is 93.1 Å². The lowest BCUT2D eigenvalue weighted by Crippen LogP contribution is -2.39. The Morgan fingerprint density at radius 1 is 1.36 bits per heavy atom. The Balaban J connectivity index is 2.22. The molecule has 14 heavy (non-hydrogen) atoms. The second-order valence-electron chi connectivity index (χ2n) is 4.67. The Hall–Kier alpha value is 0.270. The van der Waals surface area contributed by atoms with Gasteiger partial charge in [-0.2, -0.15) is 12.6 Å². The molecule has 0 amide bonds. The topological polar surface area (TPSA) is 23.5 Å².